The van der Waals surface area contributed by atoms with Gasteiger partial charge in [0.1, 0.15) is 0 Å². The lowest BCUT2D eigenvalue weighted by atomic mass is 10.0. The normalized spacial score (nSPS) is 12.8. The molecule has 0 amide bonds. The molecule has 0 aliphatic carbocycles. The summed E-state index contributed by atoms with van der Waals surface area (Å²) in [5.41, 5.74) is 6.45. The second kappa shape index (κ2) is 4.55. The van der Waals surface area contributed by atoms with Crippen molar-refractivity contribution in [3.8, 4) is 0 Å². The Kier molecular flexibility index (Phi) is 3.26. The lowest BCUT2D eigenvalue weighted by Gasteiger charge is -2.12. The first kappa shape index (κ1) is 12.2. The zero-order valence-corrected chi connectivity index (χ0v) is 10.4. The van der Waals surface area contributed by atoms with E-state index in [1.54, 1.807) is 12.1 Å². The van der Waals surface area contributed by atoms with Gasteiger partial charge in [-0.25, -0.2) is 8.78 Å². The Morgan fingerprint density at radius 1 is 1.06 bits per heavy atom. The number of halogens is 2. The van der Waals surface area contributed by atoms with Crippen LogP contribution in [-0.4, -0.2) is 0 Å². The van der Waals surface area contributed by atoms with Gasteiger partial charge in [0, 0.05) is 15.3 Å². The number of nitrogens with two attached hydrogens (primary N) is 1. The summed E-state index contributed by atoms with van der Waals surface area (Å²) >= 11 is 1.50. The smallest absolute Gasteiger partial charge is 0.164 e. The Balaban J connectivity index is 2.44. The zero-order valence-electron chi connectivity index (χ0n) is 9.63. The molecule has 0 aliphatic heterocycles. The molecular weight excluding hydrogens is 240 g/mol. The average Bonchev–Trinajstić information content (AvgIpc) is 2.72. The SMILES string of the molecule is Cc1ccc(C(N)c2ccc(C)c(F)c2F)s1. The van der Waals surface area contributed by atoms with E-state index in [9.17, 15) is 8.78 Å². The van der Waals surface area contributed by atoms with E-state index < -0.39 is 17.7 Å². The minimum atomic E-state index is -0.844. The Morgan fingerprint density at radius 2 is 1.76 bits per heavy atom. The second-order valence-electron chi connectivity index (χ2n) is 4.03. The van der Waals surface area contributed by atoms with Crippen molar-refractivity contribution in [3.63, 3.8) is 0 Å². The van der Waals surface area contributed by atoms with E-state index in [0.29, 0.717) is 5.56 Å². The van der Waals surface area contributed by atoms with Crippen molar-refractivity contribution in [2.45, 2.75) is 19.9 Å². The Morgan fingerprint density at radius 3 is 2.35 bits per heavy atom. The fraction of sp³-hybridized carbons (Fsp3) is 0.231. The van der Waals surface area contributed by atoms with Gasteiger partial charge in [0.25, 0.3) is 0 Å². The maximum atomic E-state index is 13.8. The van der Waals surface area contributed by atoms with Crippen LogP contribution in [0.5, 0.6) is 0 Å². The van der Waals surface area contributed by atoms with Crippen molar-refractivity contribution in [2.75, 3.05) is 0 Å². The number of aryl methyl sites for hydroxylation is 2. The molecule has 2 aromatic rings. The summed E-state index contributed by atoms with van der Waals surface area (Å²) in [4.78, 5) is 1.94. The first-order valence-electron chi connectivity index (χ1n) is 5.27. The highest BCUT2D eigenvalue weighted by Crippen LogP contribution is 2.29. The topological polar surface area (TPSA) is 26.0 Å². The third kappa shape index (κ3) is 2.23. The Hall–Kier alpha value is -1.26. The molecule has 1 aromatic carbocycles. The fourth-order valence-electron chi connectivity index (χ4n) is 1.67. The second-order valence-corrected chi connectivity index (χ2v) is 5.35. The van der Waals surface area contributed by atoms with Crippen LogP contribution in [0, 0.1) is 25.5 Å². The summed E-state index contributed by atoms with van der Waals surface area (Å²) in [5, 5.41) is 0. The molecule has 1 unspecified atom stereocenters. The van der Waals surface area contributed by atoms with Gasteiger partial charge in [0.2, 0.25) is 0 Å². The van der Waals surface area contributed by atoms with Gasteiger partial charge in [0.05, 0.1) is 6.04 Å². The molecule has 0 saturated carbocycles. The third-order valence-corrected chi connectivity index (χ3v) is 3.79. The van der Waals surface area contributed by atoms with Gasteiger partial charge in [-0.1, -0.05) is 12.1 Å². The highest BCUT2D eigenvalue weighted by atomic mass is 32.1. The van der Waals surface area contributed by atoms with Gasteiger partial charge >= 0.3 is 0 Å². The number of thiophene rings is 1. The minimum absolute atomic E-state index is 0.204. The monoisotopic (exact) mass is 253 g/mol. The van der Waals surface area contributed by atoms with Crippen LogP contribution >= 0.6 is 11.3 Å². The molecule has 1 aromatic heterocycles. The number of hydrogen-bond donors (Lipinski definition) is 1. The lowest BCUT2D eigenvalue weighted by molar-refractivity contribution is 0.490. The molecule has 1 atom stereocenters. The molecule has 0 radical (unpaired) electrons. The van der Waals surface area contributed by atoms with Crippen LogP contribution in [0.25, 0.3) is 0 Å². The summed E-state index contributed by atoms with van der Waals surface area (Å²) in [7, 11) is 0. The van der Waals surface area contributed by atoms with Crippen LogP contribution < -0.4 is 5.73 Å². The zero-order chi connectivity index (χ0) is 12.6. The van der Waals surface area contributed by atoms with Crippen LogP contribution in [0.1, 0.15) is 26.9 Å². The minimum Gasteiger partial charge on any atom is -0.320 e. The van der Waals surface area contributed by atoms with Gasteiger partial charge in [-0.3, -0.25) is 0 Å². The van der Waals surface area contributed by atoms with E-state index >= 15 is 0 Å². The highest BCUT2D eigenvalue weighted by molar-refractivity contribution is 7.12. The maximum Gasteiger partial charge on any atom is 0.164 e. The van der Waals surface area contributed by atoms with E-state index in [0.717, 1.165) is 9.75 Å². The van der Waals surface area contributed by atoms with Crippen molar-refractivity contribution in [1.29, 1.82) is 0 Å². The summed E-state index contributed by atoms with van der Waals surface area (Å²) < 4.78 is 27.2. The quantitative estimate of drug-likeness (QED) is 0.867. The van der Waals surface area contributed by atoms with Gasteiger partial charge in [-0.15, -0.1) is 11.3 Å². The van der Waals surface area contributed by atoms with Crippen LogP contribution in [0.15, 0.2) is 24.3 Å². The number of benzene rings is 1. The molecule has 2 rings (SSSR count). The predicted octanol–water partition coefficient (Wildman–Crippen LogP) is 3.69. The standard InChI is InChI=1S/C13H13F2NS/c1-7-3-5-9(12(15)11(7)14)13(16)10-6-4-8(2)17-10/h3-6,13H,16H2,1-2H3. The number of rotatable bonds is 2. The third-order valence-electron chi connectivity index (χ3n) is 2.71. The van der Waals surface area contributed by atoms with Crippen LogP contribution in [0.4, 0.5) is 8.78 Å². The maximum absolute atomic E-state index is 13.8. The van der Waals surface area contributed by atoms with E-state index in [-0.39, 0.29) is 5.56 Å². The van der Waals surface area contributed by atoms with Crippen molar-refractivity contribution in [1.82, 2.24) is 0 Å². The summed E-state index contributed by atoms with van der Waals surface area (Å²) in [6.07, 6.45) is 0. The molecule has 0 aliphatic rings. The summed E-state index contributed by atoms with van der Waals surface area (Å²) in [6.45, 7) is 3.48. The average molecular weight is 253 g/mol. The van der Waals surface area contributed by atoms with Crippen molar-refractivity contribution in [3.05, 3.63) is 56.8 Å². The molecule has 2 N–H and O–H groups in total. The lowest BCUT2D eigenvalue weighted by Crippen LogP contribution is -2.13. The van der Waals surface area contributed by atoms with Crippen molar-refractivity contribution < 1.29 is 8.78 Å². The first-order valence-corrected chi connectivity index (χ1v) is 6.08. The molecule has 0 spiro atoms. The van der Waals surface area contributed by atoms with Crippen molar-refractivity contribution in [2.24, 2.45) is 5.73 Å². The van der Waals surface area contributed by atoms with Crippen LogP contribution in [-0.2, 0) is 0 Å². The molecule has 17 heavy (non-hydrogen) atoms. The number of hydrogen-bond acceptors (Lipinski definition) is 2. The Bertz CT molecular complexity index is 548. The first-order chi connectivity index (χ1) is 8.00. The van der Waals surface area contributed by atoms with Gasteiger partial charge in [0.15, 0.2) is 11.6 Å². The molecule has 0 saturated heterocycles. The van der Waals surface area contributed by atoms with Crippen molar-refractivity contribution >= 4 is 11.3 Å². The Labute approximate surface area is 103 Å². The van der Waals surface area contributed by atoms with Gasteiger partial charge in [-0.2, -0.15) is 0 Å². The van der Waals surface area contributed by atoms with E-state index in [1.165, 1.54) is 18.3 Å². The predicted molar refractivity (Wildman–Crippen MR) is 66.2 cm³/mol. The van der Waals surface area contributed by atoms with E-state index in [1.807, 2.05) is 19.1 Å². The van der Waals surface area contributed by atoms with E-state index in [2.05, 4.69) is 0 Å². The molecule has 1 nitrogen and oxygen atoms in total. The van der Waals surface area contributed by atoms with Crippen LogP contribution in [0.2, 0.25) is 0 Å². The molecule has 1 heterocycles. The summed E-state index contributed by atoms with van der Waals surface area (Å²) in [6, 6.07) is 6.26. The highest BCUT2D eigenvalue weighted by Gasteiger charge is 2.18. The summed E-state index contributed by atoms with van der Waals surface area (Å²) in [5.74, 6) is -1.66. The fourth-order valence-corrected chi connectivity index (χ4v) is 2.57. The van der Waals surface area contributed by atoms with E-state index in [4.69, 9.17) is 5.73 Å². The molecule has 90 valence electrons. The molecule has 0 bridgehead atoms. The largest absolute Gasteiger partial charge is 0.320 e. The molecular formula is C13H13F2NS. The van der Waals surface area contributed by atoms with Gasteiger partial charge < -0.3 is 5.73 Å². The molecule has 4 heteroatoms. The van der Waals surface area contributed by atoms with Crippen LogP contribution in [0.3, 0.4) is 0 Å². The van der Waals surface area contributed by atoms with Gasteiger partial charge in [-0.05, 0) is 31.5 Å². The molecule has 0 fully saturated rings.